The molecule has 0 unspecified atom stereocenters. The predicted octanol–water partition coefficient (Wildman–Crippen LogP) is 12.0. The van der Waals surface area contributed by atoms with Gasteiger partial charge in [-0.15, -0.1) is 0 Å². The zero-order valence-corrected chi connectivity index (χ0v) is 23.0. The highest BCUT2D eigenvalue weighted by molar-refractivity contribution is 6.26. The maximum absolute atomic E-state index is 9.41. The Morgan fingerprint density at radius 2 is 0.977 bits per heavy atom. The van der Waals surface area contributed by atoms with Crippen LogP contribution in [0.1, 0.15) is 6.85 Å². The molecule has 8 aromatic carbocycles. The lowest BCUT2D eigenvalue weighted by molar-refractivity contribution is 0.673. The average Bonchev–Trinajstić information content (AvgIpc) is 3.52. The van der Waals surface area contributed by atoms with Gasteiger partial charge in [0.25, 0.3) is 0 Å². The Kier molecular flexibility index (Phi) is 4.27. The van der Waals surface area contributed by atoms with Crippen LogP contribution in [0.15, 0.2) is 162 Å². The fourth-order valence-corrected chi connectivity index (χ4v) is 6.55. The summed E-state index contributed by atoms with van der Waals surface area (Å²) in [5.41, 5.74) is 6.49. The molecule has 1 heteroatoms. The maximum Gasteiger partial charge on any atom is 0.143 e. The van der Waals surface area contributed by atoms with Crippen LogP contribution in [0.3, 0.4) is 0 Å². The molecule has 0 radical (unpaired) electrons. The molecule has 1 aromatic heterocycles. The van der Waals surface area contributed by atoms with E-state index in [2.05, 4.69) is 48.5 Å². The second-order valence-corrected chi connectivity index (χ2v) is 10.8. The summed E-state index contributed by atoms with van der Waals surface area (Å²) in [6.07, 6.45) is 0. The molecule has 0 atom stereocenters. The molecule has 0 aliphatic heterocycles. The van der Waals surface area contributed by atoms with Gasteiger partial charge in [0.1, 0.15) is 11.2 Å². The summed E-state index contributed by atoms with van der Waals surface area (Å²) in [6.45, 7) is 0. The number of furan rings is 1. The third-order valence-corrected chi connectivity index (χ3v) is 8.47. The Bertz CT molecular complexity index is 2710. The van der Waals surface area contributed by atoms with Crippen molar-refractivity contribution in [2.24, 2.45) is 0 Å². The highest BCUT2D eigenvalue weighted by atomic mass is 16.3. The summed E-state index contributed by atoms with van der Waals surface area (Å²) in [7, 11) is 0. The van der Waals surface area contributed by atoms with E-state index in [-0.39, 0.29) is 35.6 Å². The fourth-order valence-electron chi connectivity index (χ4n) is 6.55. The van der Waals surface area contributed by atoms with E-state index in [1.165, 1.54) is 0 Å². The van der Waals surface area contributed by atoms with Gasteiger partial charge >= 0.3 is 0 Å². The third kappa shape index (κ3) is 3.65. The molecule has 1 nitrogen and oxygen atoms in total. The van der Waals surface area contributed by atoms with E-state index in [1.54, 1.807) is 0 Å². The molecule has 0 fully saturated rings. The minimum atomic E-state index is -0.283. The Morgan fingerprint density at radius 3 is 1.67 bits per heavy atom. The fraction of sp³-hybridized carbons (Fsp3) is 0. The van der Waals surface area contributed by atoms with Gasteiger partial charge in [0.15, 0.2) is 0 Å². The molecular weight excluding hydrogens is 520 g/mol. The van der Waals surface area contributed by atoms with E-state index < -0.39 is 0 Å². The van der Waals surface area contributed by atoms with Crippen LogP contribution in [0.4, 0.5) is 0 Å². The van der Waals surface area contributed by atoms with Crippen LogP contribution in [0.2, 0.25) is 0 Å². The lowest BCUT2D eigenvalue weighted by Gasteiger charge is -2.19. The molecule has 0 saturated carbocycles. The normalized spacial score (nSPS) is 13.3. The molecule has 0 aliphatic rings. The van der Waals surface area contributed by atoms with Gasteiger partial charge in [-0.2, -0.15) is 0 Å². The van der Waals surface area contributed by atoms with Crippen molar-refractivity contribution < 1.29 is 11.3 Å². The topological polar surface area (TPSA) is 13.1 Å². The van der Waals surface area contributed by atoms with Crippen LogP contribution in [0, 0.1) is 0 Å². The summed E-state index contributed by atoms with van der Waals surface area (Å²) in [5.74, 6) is 0. The first-order valence-electron chi connectivity index (χ1n) is 16.9. The van der Waals surface area contributed by atoms with E-state index in [0.717, 1.165) is 49.4 Å². The zero-order chi connectivity index (χ0) is 32.7. The second kappa shape index (κ2) is 9.44. The van der Waals surface area contributed by atoms with Crippen molar-refractivity contribution >= 4 is 54.3 Å². The average molecular weight is 552 g/mol. The lowest BCUT2D eigenvalue weighted by Crippen LogP contribution is -1.92. The quantitative estimate of drug-likeness (QED) is 0.199. The van der Waals surface area contributed by atoms with Crippen molar-refractivity contribution in [3.8, 4) is 33.4 Å². The Morgan fingerprint density at radius 1 is 0.419 bits per heavy atom. The van der Waals surface area contributed by atoms with Gasteiger partial charge < -0.3 is 4.42 Å². The van der Waals surface area contributed by atoms with Crippen LogP contribution in [0.5, 0.6) is 0 Å². The minimum Gasteiger partial charge on any atom is -0.455 e. The first kappa shape index (κ1) is 19.5. The number of para-hydroxylation sites is 1. The van der Waals surface area contributed by atoms with Crippen molar-refractivity contribution in [1.82, 2.24) is 0 Å². The van der Waals surface area contributed by atoms with Gasteiger partial charge in [-0.25, -0.2) is 0 Å². The Labute approximate surface area is 256 Å². The summed E-state index contributed by atoms with van der Waals surface area (Å²) in [6, 6.07) is 41.7. The van der Waals surface area contributed by atoms with Gasteiger partial charge in [-0.3, -0.25) is 0 Å². The number of hydrogen-bond donors (Lipinski definition) is 0. The van der Waals surface area contributed by atoms with Crippen LogP contribution in [-0.2, 0) is 0 Å². The van der Waals surface area contributed by atoms with E-state index in [0.29, 0.717) is 32.9 Å². The van der Waals surface area contributed by atoms with Crippen LogP contribution < -0.4 is 0 Å². The number of hydrogen-bond acceptors (Lipinski definition) is 1. The lowest BCUT2D eigenvalue weighted by atomic mass is 9.84. The summed E-state index contributed by atoms with van der Waals surface area (Å²) < 4.78 is 51.8. The molecule has 0 N–H and O–H groups in total. The monoisotopic (exact) mass is 551 g/mol. The largest absolute Gasteiger partial charge is 0.455 e. The van der Waals surface area contributed by atoms with Gasteiger partial charge in [-0.1, -0.05) is 145 Å². The van der Waals surface area contributed by atoms with E-state index in [4.69, 9.17) is 9.90 Å². The third-order valence-electron chi connectivity index (χ3n) is 8.47. The standard InChI is InChI=1S/C42H26O/c1-2-11-27(12-3-1)28-21-23-30(24-22-28)39-32-15-4-6-17-34(32)41(35-18-7-5-16-33(35)39)37-19-10-13-29-25-26-36-31-14-8-9-20-38(31)43-42(36)40(29)37/h1-26H/i10D,13D,19D,25D,26D. The highest BCUT2D eigenvalue weighted by Gasteiger charge is 2.20. The van der Waals surface area contributed by atoms with Gasteiger partial charge in [0.2, 0.25) is 0 Å². The predicted molar refractivity (Wildman–Crippen MR) is 183 cm³/mol. The summed E-state index contributed by atoms with van der Waals surface area (Å²) >= 11 is 0. The molecular formula is C42H26O. The Hall–Kier alpha value is -5.66. The molecule has 43 heavy (non-hydrogen) atoms. The summed E-state index contributed by atoms with van der Waals surface area (Å²) in [4.78, 5) is 0. The molecule has 1 heterocycles. The van der Waals surface area contributed by atoms with Crippen molar-refractivity contribution in [1.29, 1.82) is 0 Å². The van der Waals surface area contributed by atoms with E-state index >= 15 is 0 Å². The van der Waals surface area contributed by atoms with E-state index in [1.807, 2.05) is 78.9 Å². The van der Waals surface area contributed by atoms with Gasteiger partial charge in [0, 0.05) is 16.2 Å². The molecule has 0 saturated heterocycles. The Balaban J connectivity index is 1.45. The number of fused-ring (bicyclic) bond motifs is 7. The van der Waals surface area contributed by atoms with Crippen molar-refractivity contribution in [2.45, 2.75) is 0 Å². The first-order valence-corrected chi connectivity index (χ1v) is 14.4. The second-order valence-electron chi connectivity index (χ2n) is 10.8. The zero-order valence-electron chi connectivity index (χ0n) is 28.0. The molecule has 9 aromatic rings. The van der Waals surface area contributed by atoms with Crippen molar-refractivity contribution in [2.75, 3.05) is 0 Å². The van der Waals surface area contributed by atoms with Gasteiger partial charge in [-0.05, 0) is 72.4 Å². The minimum absolute atomic E-state index is 0.0527. The maximum atomic E-state index is 9.41. The smallest absolute Gasteiger partial charge is 0.143 e. The molecule has 9 rings (SSSR count). The summed E-state index contributed by atoms with van der Waals surface area (Å²) in [5, 5.41) is 5.49. The molecule has 0 amide bonds. The molecule has 0 aliphatic carbocycles. The van der Waals surface area contributed by atoms with Crippen molar-refractivity contribution in [3.05, 3.63) is 158 Å². The molecule has 200 valence electrons. The van der Waals surface area contributed by atoms with Crippen LogP contribution in [0.25, 0.3) is 87.6 Å². The number of benzene rings is 8. The first-order chi connectivity index (χ1) is 23.4. The highest BCUT2D eigenvalue weighted by Crippen LogP contribution is 2.47. The SMILES string of the molecule is [2H]c1c([2H])c(-c2c3ccccc3c(-c3ccc(-c4ccccc4)cc3)c3ccccc23)c2c(c1[2H])c([2H])c([2H])c1c3ccccc3oc21. The van der Waals surface area contributed by atoms with Crippen molar-refractivity contribution in [3.63, 3.8) is 0 Å². The van der Waals surface area contributed by atoms with Crippen LogP contribution >= 0.6 is 0 Å². The van der Waals surface area contributed by atoms with Crippen LogP contribution in [-0.4, -0.2) is 0 Å². The molecule has 0 spiro atoms. The van der Waals surface area contributed by atoms with E-state index in [9.17, 15) is 1.37 Å². The number of rotatable bonds is 3. The van der Waals surface area contributed by atoms with Gasteiger partial charge in [0.05, 0.1) is 6.85 Å². The molecule has 0 bridgehead atoms.